The number of aryl methyl sites for hydroxylation is 2. The highest BCUT2D eigenvalue weighted by Gasteiger charge is 2.13. The lowest BCUT2D eigenvalue weighted by Gasteiger charge is -2.19. The lowest BCUT2D eigenvalue weighted by atomic mass is 10.3. The van der Waals surface area contributed by atoms with Crippen molar-refractivity contribution in [3.63, 3.8) is 0 Å². The molecule has 1 aromatic heterocycles. The molecule has 0 aliphatic rings. The first kappa shape index (κ1) is 15.7. The first-order chi connectivity index (χ1) is 9.14. The Morgan fingerprint density at radius 2 is 2.11 bits per heavy atom. The molecule has 5 heteroatoms. The van der Waals surface area contributed by atoms with Gasteiger partial charge in [-0.1, -0.05) is 13.8 Å². The minimum Gasteiger partial charge on any atom is -0.465 e. The number of carbonyl (C=O) groups is 1. The molecular formula is C14H25N3O2. The molecule has 0 bridgehead atoms. The Balaban J connectivity index is 2.69. The molecule has 1 heterocycles. The molecule has 1 aromatic rings. The number of aromatic nitrogens is 2. The van der Waals surface area contributed by atoms with Crippen molar-refractivity contribution in [2.45, 2.75) is 47.2 Å². The number of carbonyl (C=O) groups excluding carboxylic acids is 1. The van der Waals surface area contributed by atoms with Crippen LogP contribution in [0.1, 0.15) is 39.1 Å². The highest BCUT2D eigenvalue weighted by Crippen LogP contribution is 2.09. The van der Waals surface area contributed by atoms with E-state index in [0.717, 1.165) is 37.4 Å². The molecule has 0 aromatic carbocycles. The van der Waals surface area contributed by atoms with Crippen LogP contribution in [-0.4, -0.2) is 40.3 Å². The third kappa shape index (κ3) is 4.67. The van der Waals surface area contributed by atoms with Gasteiger partial charge in [-0.3, -0.25) is 14.4 Å². The van der Waals surface area contributed by atoms with Crippen LogP contribution in [0.2, 0.25) is 0 Å². The van der Waals surface area contributed by atoms with Crippen molar-refractivity contribution in [2.75, 3.05) is 19.7 Å². The van der Waals surface area contributed by atoms with Gasteiger partial charge in [0.2, 0.25) is 0 Å². The lowest BCUT2D eigenvalue weighted by molar-refractivity contribution is -0.144. The molecule has 0 aliphatic carbocycles. The molecule has 19 heavy (non-hydrogen) atoms. The van der Waals surface area contributed by atoms with Gasteiger partial charge in [-0.2, -0.15) is 5.10 Å². The summed E-state index contributed by atoms with van der Waals surface area (Å²) in [6, 6.07) is 2.12. The summed E-state index contributed by atoms with van der Waals surface area (Å²) in [5, 5.41) is 4.52. The van der Waals surface area contributed by atoms with Gasteiger partial charge in [0.05, 0.1) is 24.5 Å². The summed E-state index contributed by atoms with van der Waals surface area (Å²) in [5.74, 6) is -0.164. The highest BCUT2D eigenvalue weighted by molar-refractivity contribution is 5.71. The van der Waals surface area contributed by atoms with E-state index in [9.17, 15) is 4.79 Å². The second-order valence-corrected chi connectivity index (χ2v) is 4.40. The summed E-state index contributed by atoms with van der Waals surface area (Å²) in [5.41, 5.74) is 2.26. The average molecular weight is 267 g/mol. The van der Waals surface area contributed by atoms with Gasteiger partial charge >= 0.3 is 5.97 Å². The number of hydrogen-bond acceptors (Lipinski definition) is 4. The third-order valence-electron chi connectivity index (χ3n) is 3.07. The minimum atomic E-state index is -0.164. The predicted molar refractivity (Wildman–Crippen MR) is 74.9 cm³/mol. The molecular weight excluding hydrogens is 242 g/mol. The van der Waals surface area contributed by atoms with Gasteiger partial charge in [-0.25, -0.2) is 0 Å². The van der Waals surface area contributed by atoms with Crippen LogP contribution >= 0.6 is 0 Å². The Bertz CT molecular complexity index is 401. The van der Waals surface area contributed by atoms with Crippen molar-refractivity contribution in [1.29, 1.82) is 0 Å². The smallest absolute Gasteiger partial charge is 0.320 e. The molecule has 1 rings (SSSR count). The predicted octanol–water partition coefficient (Wildman–Crippen LogP) is 1.85. The van der Waals surface area contributed by atoms with Crippen LogP contribution in [0.4, 0.5) is 0 Å². The van der Waals surface area contributed by atoms with Crippen LogP contribution in [0.25, 0.3) is 0 Å². The minimum absolute atomic E-state index is 0.164. The van der Waals surface area contributed by atoms with Crippen molar-refractivity contribution in [2.24, 2.45) is 0 Å². The van der Waals surface area contributed by atoms with E-state index in [-0.39, 0.29) is 5.97 Å². The summed E-state index contributed by atoms with van der Waals surface area (Å²) < 4.78 is 7.00. The van der Waals surface area contributed by atoms with E-state index in [1.54, 1.807) is 0 Å². The zero-order valence-electron chi connectivity index (χ0n) is 12.5. The van der Waals surface area contributed by atoms with Crippen molar-refractivity contribution in [1.82, 2.24) is 14.7 Å². The molecule has 0 spiro atoms. The topological polar surface area (TPSA) is 47.4 Å². The summed E-state index contributed by atoms with van der Waals surface area (Å²) >= 11 is 0. The molecule has 0 radical (unpaired) electrons. The standard InChI is InChI=1S/C14H25N3O2/c1-5-12-9-13(17(7-3)15-12)10-16(6-2)11-14(18)19-8-4/h9H,5-8,10-11H2,1-4H3. The Labute approximate surface area is 115 Å². The molecule has 0 unspecified atom stereocenters. The Hall–Kier alpha value is -1.36. The van der Waals surface area contributed by atoms with E-state index >= 15 is 0 Å². The van der Waals surface area contributed by atoms with E-state index < -0.39 is 0 Å². The molecule has 0 amide bonds. The normalized spacial score (nSPS) is 11.0. The SMILES string of the molecule is CCOC(=O)CN(CC)Cc1cc(CC)nn1CC. The van der Waals surface area contributed by atoms with Gasteiger partial charge in [0, 0.05) is 13.1 Å². The maximum Gasteiger partial charge on any atom is 0.320 e. The Morgan fingerprint density at radius 1 is 1.37 bits per heavy atom. The van der Waals surface area contributed by atoms with Crippen molar-refractivity contribution < 1.29 is 9.53 Å². The van der Waals surface area contributed by atoms with E-state index in [0.29, 0.717) is 13.2 Å². The summed E-state index contributed by atoms with van der Waals surface area (Å²) in [6.07, 6.45) is 0.935. The molecule has 0 saturated heterocycles. The van der Waals surface area contributed by atoms with Crippen molar-refractivity contribution >= 4 is 5.97 Å². The average Bonchev–Trinajstić information content (AvgIpc) is 2.80. The Morgan fingerprint density at radius 3 is 2.63 bits per heavy atom. The fraction of sp³-hybridized carbons (Fsp3) is 0.714. The molecule has 108 valence electrons. The van der Waals surface area contributed by atoms with Crippen LogP contribution in [0, 0.1) is 0 Å². The van der Waals surface area contributed by atoms with Crippen LogP contribution in [0.5, 0.6) is 0 Å². The maximum atomic E-state index is 11.5. The molecule has 0 aliphatic heterocycles. The van der Waals surface area contributed by atoms with E-state index in [1.807, 2.05) is 18.5 Å². The fourth-order valence-corrected chi connectivity index (χ4v) is 1.99. The second kappa shape index (κ2) is 7.94. The number of esters is 1. The summed E-state index contributed by atoms with van der Waals surface area (Å²) in [4.78, 5) is 13.6. The number of likely N-dealkylation sites (N-methyl/N-ethyl adjacent to an activating group) is 1. The van der Waals surface area contributed by atoms with Gasteiger partial charge < -0.3 is 4.74 Å². The lowest BCUT2D eigenvalue weighted by Crippen LogP contribution is -2.31. The Kier molecular flexibility index (Phi) is 6.56. The van der Waals surface area contributed by atoms with Gasteiger partial charge in [-0.05, 0) is 32.9 Å². The summed E-state index contributed by atoms with van der Waals surface area (Å²) in [7, 11) is 0. The number of nitrogens with zero attached hydrogens (tertiary/aromatic N) is 3. The van der Waals surface area contributed by atoms with Crippen LogP contribution < -0.4 is 0 Å². The molecule has 5 nitrogen and oxygen atoms in total. The zero-order valence-corrected chi connectivity index (χ0v) is 12.5. The van der Waals surface area contributed by atoms with Gasteiger partial charge in [0.15, 0.2) is 0 Å². The van der Waals surface area contributed by atoms with Crippen LogP contribution in [-0.2, 0) is 29.0 Å². The third-order valence-corrected chi connectivity index (χ3v) is 3.07. The van der Waals surface area contributed by atoms with Gasteiger partial charge in [0.25, 0.3) is 0 Å². The molecule has 0 N–H and O–H groups in total. The van der Waals surface area contributed by atoms with Crippen LogP contribution in [0.3, 0.4) is 0 Å². The monoisotopic (exact) mass is 267 g/mol. The second-order valence-electron chi connectivity index (χ2n) is 4.40. The van der Waals surface area contributed by atoms with E-state index in [2.05, 4.69) is 29.9 Å². The number of hydrogen-bond donors (Lipinski definition) is 0. The van der Waals surface area contributed by atoms with E-state index in [1.165, 1.54) is 0 Å². The summed E-state index contributed by atoms with van der Waals surface area (Å²) in [6.45, 7) is 11.2. The maximum absolute atomic E-state index is 11.5. The quantitative estimate of drug-likeness (QED) is 0.674. The van der Waals surface area contributed by atoms with Crippen LogP contribution in [0.15, 0.2) is 6.07 Å². The zero-order chi connectivity index (χ0) is 14.3. The fourth-order valence-electron chi connectivity index (χ4n) is 1.99. The van der Waals surface area contributed by atoms with E-state index in [4.69, 9.17) is 4.74 Å². The highest BCUT2D eigenvalue weighted by atomic mass is 16.5. The first-order valence-corrected chi connectivity index (χ1v) is 7.08. The largest absolute Gasteiger partial charge is 0.465 e. The van der Waals surface area contributed by atoms with Crippen molar-refractivity contribution in [3.05, 3.63) is 17.5 Å². The molecule has 0 atom stereocenters. The number of ether oxygens (including phenoxy) is 1. The van der Waals surface area contributed by atoms with Gasteiger partial charge in [0.1, 0.15) is 0 Å². The van der Waals surface area contributed by atoms with Crippen molar-refractivity contribution in [3.8, 4) is 0 Å². The van der Waals surface area contributed by atoms with Gasteiger partial charge in [-0.15, -0.1) is 0 Å². The molecule has 0 saturated carbocycles. The first-order valence-electron chi connectivity index (χ1n) is 7.08. The number of rotatable bonds is 8. The molecule has 0 fully saturated rings.